The Balaban J connectivity index is 1.13. The summed E-state index contributed by atoms with van der Waals surface area (Å²) in [6.45, 7) is 2.50. The van der Waals surface area contributed by atoms with Crippen LogP contribution in [0, 0.1) is 17.3 Å². The van der Waals surface area contributed by atoms with Crippen LogP contribution in [0.25, 0.3) is 0 Å². The van der Waals surface area contributed by atoms with Gasteiger partial charge in [-0.25, -0.2) is 0 Å². The van der Waals surface area contributed by atoms with E-state index in [9.17, 15) is 14.7 Å². The molecule has 1 aromatic rings. The predicted octanol–water partition coefficient (Wildman–Crippen LogP) is 2.22. The monoisotopic (exact) mass is 428 g/mol. The number of benzene rings is 1. The molecule has 1 saturated heterocycles. The van der Waals surface area contributed by atoms with Crippen LogP contribution in [0.2, 0.25) is 0 Å². The number of hydrogen-bond acceptors (Lipinski definition) is 6. The number of ether oxygens (including phenoxy) is 2. The third-order valence-corrected chi connectivity index (χ3v) is 7.86. The molecule has 0 aromatic heterocycles. The molecule has 2 unspecified atom stereocenters. The highest BCUT2D eigenvalue weighted by molar-refractivity contribution is 5.83. The summed E-state index contributed by atoms with van der Waals surface area (Å²) in [6.07, 6.45) is 4.86. The molecule has 0 radical (unpaired) electrons. The molecule has 0 spiro atoms. The highest BCUT2D eigenvalue weighted by Gasteiger charge is 2.61. The van der Waals surface area contributed by atoms with Gasteiger partial charge >= 0.3 is 5.97 Å². The minimum atomic E-state index is -0.703. The Labute approximate surface area is 183 Å². The van der Waals surface area contributed by atoms with Gasteiger partial charge in [0, 0.05) is 31.9 Å². The molecular formula is C24H32N2O5. The zero-order valence-electron chi connectivity index (χ0n) is 18.2. The van der Waals surface area contributed by atoms with E-state index in [2.05, 4.69) is 4.90 Å². The molecule has 1 N–H and O–H groups in total. The fourth-order valence-corrected chi connectivity index (χ4v) is 6.83. The molecule has 6 rings (SSSR count). The van der Waals surface area contributed by atoms with E-state index in [0.717, 1.165) is 56.6 Å². The molecule has 1 amide bonds. The predicted molar refractivity (Wildman–Crippen MR) is 115 cm³/mol. The molecule has 31 heavy (non-hydrogen) atoms. The number of aliphatic hydroxyl groups is 1. The molecule has 5 fully saturated rings. The minimum absolute atomic E-state index is 0.133. The van der Waals surface area contributed by atoms with Crippen LogP contribution in [0.3, 0.4) is 0 Å². The number of nitrogens with zero attached hydrogens (tertiary/aromatic N) is 2. The smallest absolute Gasteiger partial charge is 0.312 e. The van der Waals surface area contributed by atoms with Gasteiger partial charge in [-0.15, -0.1) is 0 Å². The lowest BCUT2D eigenvalue weighted by Crippen LogP contribution is -2.58. The van der Waals surface area contributed by atoms with Crippen LogP contribution in [0.15, 0.2) is 24.3 Å². The number of piperazine rings is 1. The zero-order chi connectivity index (χ0) is 21.6. The molecular weight excluding hydrogens is 396 g/mol. The van der Waals surface area contributed by atoms with Gasteiger partial charge in [-0.3, -0.25) is 9.59 Å². The van der Waals surface area contributed by atoms with Gasteiger partial charge in [0.15, 0.2) is 6.61 Å². The lowest BCUT2D eigenvalue weighted by molar-refractivity contribution is -0.197. The van der Waals surface area contributed by atoms with Crippen molar-refractivity contribution >= 4 is 17.6 Å². The fourth-order valence-electron chi connectivity index (χ4n) is 6.83. The van der Waals surface area contributed by atoms with Crippen molar-refractivity contribution in [3.8, 4) is 5.75 Å². The van der Waals surface area contributed by atoms with E-state index in [1.807, 2.05) is 24.3 Å². The van der Waals surface area contributed by atoms with E-state index in [1.54, 1.807) is 12.0 Å². The Bertz CT molecular complexity index is 832. The Hall–Kier alpha value is -2.28. The highest BCUT2D eigenvalue weighted by Crippen LogP contribution is 2.61. The Morgan fingerprint density at radius 2 is 1.68 bits per heavy atom. The van der Waals surface area contributed by atoms with Gasteiger partial charge in [-0.1, -0.05) is 0 Å². The summed E-state index contributed by atoms with van der Waals surface area (Å²) < 4.78 is 10.8. The molecule has 4 aliphatic carbocycles. The largest absolute Gasteiger partial charge is 0.497 e. The first-order chi connectivity index (χ1) is 14.9. The van der Waals surface area contributed by atoms with Crippen molar-refractivity contribution in [1.82, 2.24) is 4.90 Å². The van der Waals surface area contributed by atoms with Gasteiger partial charge in [0.05, 0.1) is 18.1 Å². The van der Waals surface area contributed by atoms with Crippen LogP contribution in [0.4, 0.5) is 5.69 Å². The maximum Gasteiger partial charge on any atom is 0.312 e. The molecule has 1 heterocycles. The molecule has 4 atom stereocenters. The first-order valence-electron chi connectivity index (χ1n) is 11.4. The van der Waals surface area contributed by atoms with Crippen LogP contribution < -0.4 is 9.64 Å². The quantitative estimate of drug-likeness (QED) is 0.725. The molecule has 4 saturated carbocycles. The second-order valence-electron chi connectivity index (χ2n) is 10.1. The van der Waals surface area contributed by atoms with E-state index in [0.29, 0.717) is 31.3 Å². The van der Waals surface area contributed by atoms with E-state index in [1.165, 1.54) is 0 Å². The van der Waals surface area contributed by atoms with Crippen molar-refractivity contribution in [3.05, 3.63) is 24.3 Å². The van der Waals surface area contributed by atoms with Crippen molar-refractivity contribution in [2.75, 3.05) is 44.8 Å². The summed E-state index contributed by atoms with van der Waals surface area (Å²) in [4.78, 5) is 29.7. The number of carbonyl (C=O) groups excluding carboxylic acids is 2. The van der Waals surface area contributed by atoms with E-state index in [-0.39, 0.29) is 18.5 Å². The van der Waals surface area contributed by atoms with Crippen LogP contribution in [-0.2, 0) is 14.3 Å². The van der Waals surface area contributed by atoms with Crippen molar-refractivity contribution < 1.29 is 24.2 Å². The SMILES string of the molecule is COc1ccc(N2CCN(C(=O)COC(=O)C34C[C@@H]5C[C@@H](CC(O)(C5)C3)C4)CC2)cc1. The number of carbonyl (C=O) groups is 2. The van der Waals surface area contributed by atoms with Crippen molar-refractivity contribution in [3.63, 3.8) is 0 Å². The number of anilines is 1. The van der Waals surface area contributed by atoms with Crippen molar-refractivity contribution in [2.45, 2.75) is 44.1 Å². The number of hydrogen-bond donors (Lipinski definition) is 1. The number of methoxy groups -OCH3 is 1. The third-order valence-electron chi connectivity index (χ3n) is 7.86. The number of esters is 1. The van der Waals surface area contributed by atoms with E-state index < -0.39 is 11.0 Å². The average Bonchev–Trinajstić information content (AvgIpc) is 2.75. The second kappa shape index (κ2) is 7.69. The summed E-state index contributed by atoms with van der Waals surface area (Å²) in [5.41, 5.74) is -0.170. The first-order valence-corrected chi connectivity index (χ1v) is 11.4. The van der Waals surface area contributed by atoms with Gasteiger partial charge in [-0.2, -0.15) is 0 Å². The Kier molecular flexibility index (Phi) is 5.12. The number of rotatable bonds is 5. The third kappa shape index (κ3) is 3.88. The first kappa shape index (κ1) is 20.6. The maximum atomic E-state index is 13.0. The molecule has 1 aliphatic heterocycles. The molecule has 7 heteroatoms. The summed E-state index contributed by atoms with van der Waals surface area (Å²) in [5.74, 6) is 1.25. The summed E-state index contributed by atoms with van der Waals surface area (Å²) in [5, 5.41) is 10.9. The zero-order valence-corrected chi connectivity index (χ0v) is 18.2. The van der Waals surface area contributed by atoms with Gasteiger partial charge in [0.2, 0.25) is 0 Å². The summed E-state index contributed by atoms with van der Waals surface area (Å²) in [6, 6.07) is 7.93. The number of amides is 1. The minimum Gasteiger partial charge on any atom is -0.497 e. The summed E-state index contributed by atoms with van der Waals surface area (Å²) >= 11 is 0. The van der Waals surface area contributed by atoms with Crippen LogP contribution >= 0.6 is 0 Å². The molecule has 168 valence electrons. The van der Waals surface area contributed by atoms with Crippen LogP contribution in [-0.4, -0.2) is 67.4 Å². The topological polar surface area (TPSA) is 79.3 Å². The second-order valence-corrected chi connectivity index (χ2v) is 10.1. The van der Waals surface area contributed by atoms with Gasteiger partial charge in [-0.05, 0) is 74.6 Å². The van der Waals surface area contributed by atoms with E-state index >= 15 is 0 Å². The fraction of sp³-hybridized carbons (Fsp3) is 0.667. The molecule has 1 aromatic carbocycles. The summed E-state index contributed by atoms with van der Waals surface area (Å²) in [7, 11) is 1.65. The molecule has 5 aliphatic rings. The highest BCUT2D eigenvalue weighted by atomic mass is 16.5. The lowest BCUT2D eigenvalue weighted by atomic mass is 9.48. The van der Waals surface area contributed by atoms with Crippen molar-refractivity contribution in [2.24, 2.45) is 17.3 Å². The standard InChI is InChI=1S/C24H32N2O5/c1-30-20-4-2-19(3-5-20)25-6-8-26(9-7-25)21(27)15-31-22(28)23-11-17-10-18(12-23)14-24(29,13-17)16-23/h2-5,17-18,29H,6-16H2,1H3/t17-,18+,23?,24?. The lowest BCUT2D eigenvalue weighted by Gasteiger charge is -2.58. The average molecular weight is 429 g/mol. The van der Waals surface area contributed by atoms with E-state index in [4.69, 9.17) is 9.47 Å². The molecule has 4 bridgehead atoms. The van der Waals surface area contributed by atoms with Gasteiger partial charge in [0.25, 0.3) is 5.91 Å². The van der Waals surface area contributed by atoms with Crippen LogP contribution in [0.5, 0.6) is 5.75 Å². The molecule has 7 nitrogen and oxygen atoms in total. The van der Waals surface area contributed by atoms with Crippen LogP contribution in [0.1, 0.15) is 38.5 Å². The van der Waals surface area contributed by atoms with Crippen molar-refractivity contribution in [1.29, 1.82) is 0 Å². The Morgan fingerprint density at radius 3 is 2.26 bits per heavy atom. The maximum absolute atomic E-state index is 13.0. The van der Waals surface area contributed by atoms with Gasteiger partial charge in [0.1, 0.15) is 5.75 Å². The normalized spacial score (nSPS) is 34.0. The Morgan fingerprint density at radius 1 is 1.03 bits per heavy atom. The van der Waals surface area contributed by atoms with Gasteiger partial charge < -0.3 is 24.4 Å².